The first-order valence-electron chi connectivity index (χ1n) is 14.0. The molecule has 202 valence electrons. The second kappa shape index (κ2) is 7.99. The van der Waals surface area contributed by atoms with Crippen molar-refractivity contribution in [2.75, 3.05) is 0 Å². The number of aromatic amines is 1. The quantitative estimate of drug-likeness (QED) is 0.245. The third kappa shape index (κ3) is 2.89. The lowest BCUT2D eigenvalue weighted by molar-refractivity contribution is -0.312. The molecule has 2 aromatic rings. The van der Waals surface area contributed by atoms with Crippen LogP contribution >= 0.6 is 0 Å². The molecule has 8 heteroatoms. The largest absolute Gasteiger partial charge is 0.366 e. The van der Waals surface area contributed by atoms with Crippen molar-refractivity contribution in [3.05, 3.63) is 36.0 Å². The fourth-order valence-corrected chi connectivity index (χ4v) is 9.83. The smallest absolute Gasteiger partial charge is 0.234 e. The summed E-state index contributed by atoms with van der Waals surface area (Å²) in [5.74, 6) is -1.99. The number of fused-ring (bicyclic) bond motifs is 4. The number of carbonyl (C=O) groups is 3. The molecule has 2 aliphatic heterocycles. The van der Waals surface area contributed by atoms with Crippen molar-refractivity contribution < 1.29 is 29.3 Å². The van der Waals surface area contributed by atoms with E-state index >= 15 is 0 Å². The molecular weight excluding hydrogens is 484 g/mol. The molecule has 3 aliphatic carbocycles. The molecular formula is C30H36N2O6. The number of aromatic nitrogens is 1. The van der Waals surface area contributed by atoms with Crippen LogP contribution in [0.1, 0.15) is 46.1 Å². The zero-order valence-corrected chi connectivity index (χ0v) is 22.3. The van der Waals surface area contributed by atoms with Crippen molar-refractivity contribution in [1.82, 2.24) is 10.3 Å². The van der Waals surface area contributed by atoms with Crippen molar-refractivity contribution in [2.24, 2.45) is 46.8 Å². The molecule has 1 aromatic carbocycles. The Hall–Kier alpha value is -2.55. The molecule has 1 spiro atoms. The zero-order valence-electron chi connectivity index (χ0n) is 22.3. The van der Waals surface area contributed by atoms with Crippen molar-refractivity contribution in [3.63, 3.8) is 0 Å². The number of nitrogens with one attached hydrogen (secondary N) is 2. The molecule has 8 nitrogen and oxygen atoms in total. The Bertz CT molecular complexity index is 1350. The Morgan fingerprint density at radius 1 is 1.18 bits per heavy atom. The minimum absolute atomic E-state index is 0.0578. The minimum atomic E-state index is -1.36. The maximum Gasteiger partial charge on any atom is 0.234 e. The van der Waals surface area contributed by atoms with Crippen LogP contribution < -0.4 is 5.32 Å². The number of ketones is 2. The Labute approximate surface area is 221 Å². The average Bonchev–Trinajstić information content (AvgIpc) is 3.14. The van der Waals surface area contributed by atoms with E-state index in [4.69, 9.17) is 9.62 Å². The van der Waals surface area contributed by atoms with E-state index in [0.29, 0.717) is 12.8 Å². The van der Waals surface area contributed by atoms with Crippen LogP contribution in [-0.4, -0.2) is 51.6 Å². The summed E-state index contributed by atoms with van der Waals surface area (Å²) in [6, 6.07) is 7.81. The van der Waals surface area contributed by atoms with Crippen LogP contribution in [0.2, 0.25) is 0 Å². The number of benzene rings is 1. The topological polar surface area (TPSA) is 121 Å². The molecule has 3 heterocycles. The maximum atomic E-state index is 14.5. The summed E-state index contributed by atoms with van der Waals surface area (Å²) in [7, 11) is 0. The van der Waals surface area contributed by atoms with Gasteiger partial charge in [-0.05, 0) is 62.0 Å². The van der Waals surface area contributed by atoms with E-state index in [0.717, 1.165) is 16.5 Å². The molecule has 7 rings (SSSR count). The van der Waals surface area contributed by atoms with E-state index in [9.17, 15) is 19.6 Å². The molecule has 3 saturated carbocycles. The predicted octanol–water partition coefficient (Wildman–Crippen LogP) is 3.54. The number of rotatable bonds is 4. The maximum absolute atomic E-state index is 14.5. The second-order valence-corrected chi connectivity index (χ2v) is 12.9. The number of epoxide rings is 1. The van der Waals surface area contributed by atoms with Gasteiger partial charge in [-0.15, -0.1) is 0 Å². The number of Topliss-reactive ketones (excluding diaryl/α,β-unsaturated/α-hetero) is 2. The lowest BCUT2D eigenvalue weighted by Crippen LogP contribution is -2.61. The van der Waals surface area contributed by atoms with Gasteiger partial charge in [0.25, 0.3) is 0 Å². The Morgan fingerprint density at radius 2 is 1.95 bits per heavy atom. The van der Waals surface area contributed by atoms with Gasteiger partial charge >= 0.3 is 0 Å². The number of hydrogen-bond donors (Lipinski definition) is 3. The molecule has 2 saturated heterocycles. The van der Waals surface area contributed by atoms with Gasteiger partial charge in [0, 0.05) is 47.3 Å². The number of hydrogen-bond acceptors (Lipinski definition) is 6. The fourth-order valence-electron chi connectivity index (χ4n) is 9.83. The minimum Gasteiger partial charge on any atom is -0.366 e. The predicted molar refractivity (Wildman–Crippen MR) is 138 cm³/mol. The van der Waals surface area contributed by atoms with Crippen LogP contribution in [0.5, 0.6) is 0 Å². The Kier molecular flexibility index (Phi) is 5.15. The van der Waals surface area contributed by atoms with Crippen LogP contribution in [0.25, 0.3) is 10.9 Å². The van der Waals surface area contributed by atoms with Gasteiger partial charge in [0.1, 0.15) is 23.1 Å². The fraction of sp³-hybridized carbons (Fsp3) is 0.633. The lowest BCUT2D eigenvalue weighted by Gasteiger charge is -2.48. The number of carbonyl (C=O) groups excluding carboxylic acids is 3. The standard InChI is InChI=1S/C30H36N2O6/c1-13-9-19-18(23(13)15(3)33)11-22(34)30-24(14(2)29(4)27(37-29)25(30)26(19)38-36)21(32-28(30)35)10-16-12-31-20-8-6-5-7-17(16)20/h5-8,12-14,18-19,21,23-27,31,36H,9-11H2,1-4H3,(H,32,35)/t13-,14-,18+,19-,21-,23-,24-,25-,26-,27-,29+,30+/m0/s1. The van der Waals surface area contributed by atoms with Crippen molar-refractivity contribution in [1.29, 1.82) is 0 Å². The highest BCUT2D eigenvalue weighted by Crippen LogP contribution is 2.69. The van der Waals surface area contributed by atoms with Crippen molar-refractivity contribution >= 4 is 28.4 Å². The van der Waals surface area contributed by atoms with Gasteiger partial charge in [-0.25, -0.2) is 4.89 Å². The summed E-state index contributed by atoms with van der Waals surface area (Å²) in [4.78, 5) is 50.1. The van der Waals surface area contributed by atoms with E-state index < -0.39 is 23.0 Å². The summed E-state index contributed by atoms with van der Waals surface area (Å²) in [5, 5.41) is 14.8. The van der Waals surface area contributed by atoms with Gasteiger partial charge in [-0.1, -0.05) is 32.0 Å². The molecule has 0 unspecified atom stereocenters. The molecule has 0 bridgehead atoms. The monoisotopic (exact) mass is 520 g/mol. The molecule has 38 heavy (non-hydrogen) atoms. The third-order valence-corrected chi connectivity index (χ3v) is 11.5. The molecule has 1 aromatic heterocycles. The van der Waals surface area contributed by atoms with Gasteiger partial charge in [-0.2, -0.15) is 0 Å². The highest BCUT2D eigenvalue weighted by Gasteiger charge is 2.82. The van der Waals surface area contributed by atoms with Crippen LogP contribution in [-0.2, 0) is 30.4 Å². The summed E-state index contributed by atoms with van der Waals surface area (Å²) in [6.45, 7) is 7.79. The summed E-state index contributed by atoms with van der Waals surface area (Å²) < 4.78 is 6.37. The second-order valence-electron chi connectivity index (χ2n) is 12.9. The van der Waals surface area contributed by atoms with E-state index in [1.165, 1.54) is 0 Å². The number of ether oxygens (including phenoxy) is 1. The first-order valence-corrected chi connectivity index (χ1v) is 14.0. The third-order valence-electron chi connectivity index (χ3n) is 11.5. The molecule has 3 N–H and O–H groups in total. The molecule has 5 aliphatic rings. The van der Waals surface area contributed by atoms with Crippen LogP contribution in [0.4, 0.5) is 0 Å². The van der Waals surface area contributed by atoms with Crippen molar-refractivity contribution in [2.45, 2.75) is 70.8 Å². The van der Waals surface area contributed by atoms with E-state index in [1.54, 1.807) is 6.92 Å². The molecule has 12 atom stereocenters. The highest BCUT2D eigenvalue weighted by atomic mass is 17.1. The first-order chi connectivity index (χ1) is 18.1. The summed E-state index contributed by atoms with van der Waals surface area (Å²) in [6.07, 6.45) is 2.27. The first kappa shape index (κ1) is 24.5. The van der Waals surface area contributed by atoms with Crippen molar-refractivity contribution in [3.8, 4) is 0 Å². The SMILES string of the molecule is CC(=O)[C@H]1[C@@H]2CC(=O)[C@@]34C(=O)N[C@@H](Cc5c[nH]c6ccccc56)[C@@H]3[C@H](C)[C@@]3(C)O[C@H]3[C@@H]4[C@@H](OO)[C@H]2C[C@@H]1C. The highest BCUT2D eigenvalue weighted by molar-refractivity contribution is 6.09. The number of H-pyrrole nitrogens is 1. The van der Waals surface area contributed by atoms with Crippen LogP contribution in [0.3, 0.4) is 0 Å². The van der Waals surface area contributed by atoms with Gasteiger partial charge in [-0.3, -0.25) is 19.6 Å². The number of amides is 1. The average molecular weight is 521 g/mol. The van der Waals surface area contributed by atoms with Crippen LogP contribution in [0, 0.1) is 46.8 Å². The summed E-state index contributed by atoms with van der Waals surface area (Å²) >= 11 is 0. The molecule has 0 radical (unpaired) electrons. The molecule has 1 amide bonds. The van der Waals surface area contributed by atoms with E-state index in [2.05, 4.69) is 30.2 Å². The van der Waals surface area contributed by atoms with Crippen LogP contribution in [0.15, 0.2) is 30.5 Å². The van der Waals surface area contributed by atoms with E-state index in [1.807, 2.05) is 31.3 Å². The zero-order chi connectivity index (χ0) is 26.7. The van der Waals surface area contributed by atoms with Gasteiger partial charge < -0.3 is 15.0 Å². The van der Waals surface area contributed by atoms with E-state index in [-0.39, 0.29) is 71.5 Å². The Morgan fingerprint density at radius 3 is 2.68 bits per heavy atom. The van der Waals surface area contributed by atoms with Gasteiger partial charge in [0.05, 0.1) is 11.7 Å². The Balaban J connectivity index is 1.36. The normalized spacial score (nSPS) is 47.1. The number of para-hydroxylation sites is 1. The van der Waals surface area contributed by atoms with Gasteiger partial charge in [0.2, 0.25) is 5.91 Å². The molecule has 5 fully saturated rings. The summed E-state index contributed by atoms with van der Waals surface area (Å²) in [5.41, 5.74) is 0.253. The van der Waals surface area contributed by atoms with Gasteiger partial charge in [0.15, 0.2) is 0 Å². The lowest BCUT2D eigenvalue weighted by atomic mass is 9.50.